The summed E-state index contributed by atoms with van der Waals surface area (Å²) in [5.74, 6) is -0.265. The van der Waals surface area contributed by atoms with Crippen LogP contribution in [0.4, 0.5) is 10.1 Å². The summed E-state index contributed by atoms with van der Waals surface area (Å²) in [7, 11) is 0. The summed E-state index contributed by atoms with van der Waals surface area (Å²) < 4.78 is 12.7. The van der Waals surface area contributed by atoms with Crippen molar-refractivity contribution in [2.24, 2.45) is 0 Å². The Balaban J connectivity index is 2.12. The lowest BCUT2D eigenvalue weighted by Gasteiger charge is -2.33. The van der Waals surface area contributed by atoms with Gasteiger partial charge in [-0.15, -0.1) is 0 Å². The van der Waals surface area contributed by atoms with E-state index in [9.17, 15) is 9.65 Å². The zero-order valence-electron chi connectivity index (χ0n) is 8.96. The van der Waals surface area contributed by atoms with Crippen LogP contribution < -0.4 is 10.6 Å². The van der Waals surface area contributed by atoms with E-state index in [4.69, 9.17) is 0 Å². The fourth-order valence-corrected chi connectivity index (χ4v) is 1.94. The molecule has 0 amide bonds. The molecule has 0 radical (unpaired) electrons. The third kappa shape index (κ3) is 2.31. The molecule has 2 N–H and O–H groups in total. The molecule has 16 heavy (non-hydrogen) atoms. The van der Waals surface area contributed by atoms with Gasteiger partial charge in [-0.3, -0.25) is 0 Å². The van der Waals surface area contributed by atoms with Crippen molar-refractivity contribution in [2.75, 3.05) is 18.4 Å². The number of rotatable bonds is 2. The van der Waals surface area contributed by atoms with Crippen LogP contribution >= 0.6 is 0 Å². The molecule has 1 saturated heterocycles. The van der Waals surface area contributed by atoms with Crippen molar-refractivity contribution in [1.82, 2.24) is 5.32 Å². The number of nitrogens with one attached hydrogen (secondary N) is 2. The van der Waals surface area contributed by atoms with E-state index >= 15 is 0 Å². The predicted octanol–water partition coefficient (Wildman–Crippen LogP) is 1.88. The van der Waals surface area contributed by atoms with E-state index in [1.54, 1.807) is 12.1 Å². The lowest BCUT2D eigenvalue weighted by atomic mass is 9.91. The molecule has 0 aromatic heterocycles. The monoisotopic (exact) mass is 219 g/mol. The number of nitrogens with zero attached hydrogens (tertiary/aromatic N) is 1. The van der Waals surface area contributed by atoms with E-state index < -0.39 is 5.54 Å². The lowest BCUT2D eigenvalue weighted by Crippen LogP contribution is -2.50. The van der Waals surface area contributed by atoms with E-state index in [0.29, 0.717) is 6.54 Å². The lowest BCUT2D eigenvalue weighted by molar-refractivity contribution is 0.411. The average Bonchev–Trinajstić information content (AvgIpc) is 2.33. The molecule has 1 atom stereocenters. The summed E-state index contributed by atoms with van der Waals surface area (Å²) in [4.78, 5) is 0. The first-order valence-electron chi connectivity index (χ1n) is 5.40. The van der Waals surface area contributed by atoms with Crippen molar-refractivity contribution >= 4 is 5.69 Å². The van der Waals surface area contributed by atoms with Gasteiger partial charge in [-0.25, -0.2) is 4.39 Å². The molecule has 0 spiro atoms. The van der Waals surface area contributed by atoms with Gasteiger partial charge in [0, 0.05) is 12.2 Å². The second kappa shape index (κ2) is 4.50. The topological polar surface area (TPSA) is 47.9 Å². The second-order valence-electron chi connectivity index (χ2n) is 4.11. The summed E-state index contributed by atoms with van der Waals surface area (Å²) in [6.07, 6.45) is 1.79. The van der Waals surface area contributed by atoms with Crippen LogP contribution in [-0.4, -0.2) is 18.6 Å². The minimum Gasteiger partial charge on any atom is -0.366 e. The highest BCUT2D eigenvalue weighted by Gasteiger charge is 2.31. The standard InChI is InChI=1S/C12H14FN3/c13-10-2-4-11(5-3-10)16-12(8-14)6-1-7-15-9-12/h2-5,15-16H,1,6-7,9H2. The van der Waals surface area contributed by atoms with Crippen molar-refractivity contribution < 1.29 is 4.39 Å². The number of piperidine rings is 1. The van der Waals surface area contributed by atoms with Gasteiger partial charge in [0.15, 0.2) is 0 Å². The van der Waals surface area contributed by atoms with Crippen LogP contribution in [0.3, 0.4) is 0 Å². The number of benzene rings is 1. The minimum absolute atomic E-state index is 0.265. The summed E-state index contributed by atoms with van der Waals surface area (Å²) in [6.45, 7) is 1.58. The Labute approximate surface area is 94.3 Å². The molecule has 1 aromatic carbocycles. The number of hydrogen-bond donors (Lipinski definition) is 2. The van der Waals surface area contributed by atoms with Crippen LogP contribution in [0.1, 0.15) is 12.8 Å². The van der Waals surface area contributed by atoms with Crippen LogP contribution in [0.15, 0.2) is 24.3 Å². The first-order chi connectivity index (χ1) is 7.74. The molecule has 2 rings (SSSR count). The van der Waals surface area contributed by atoms with Gasteiger partial charge < -0.3 is 10.6 Å². The summed E-state index contributed by atoms with van der Waals surface area (Å²) in [6, 6.07) is 8.41. The number of hydrogen-bond acceptors (Lipinski definition) is 3. The third-order valence-corrected chi connectivity index (χ3v) is 2.83. The molecule has 1 aliphatic heterocycles. The van der Waals surface area contributed by atoms with E-state index in [2.05, 4.69) is 16.7 Å². The van der Waals surface area contributed by atoms with Gasteiger partial charge in [0.1, 0.15) is 11.4 Å². The van der Waals surface area contributed by atoms with Crippen LogP contribution in [0, 0.1) is 17.1 Å². The Morgan fingerprint density at radius 1 is 1.38 bits per heavy atom. The normalized spacial score (nSPS) is 24.8. The van der Waals surface area contributed by atoms with Crippen molar-refractivity contribution in [3.63, 3.8) is 0 Å². The summed E-state index contributed by atoms with van der Waals surface area (Å²) in [5, 5.41) is 15.6. The molecule has 4 heteroatoms. The zero-order valence-corrected chi connectivity index (χ0v) is 8.96. The third-order valence-electron chi connectivity index (χ3n) is 2.83. The highest BCUT2D eigenvalue weighted by atomic mass is 19.1. The fraction of sp³-hybridized carbons (Fsp3) is 0.417. The Morgan fingerprint density at radius 3 is 2.69 bits per heavy atom. The molecule has 0 saturated carbocycles. The molecular weight excluding hydrogens is 205 g/mol. The van der Waals surface area contributed by atoms with Gasteiger partial charge in [-0.05, 0) is 43.7 Å². The van der Waals surface area contributed by atoms with Crippen molar-refractivity contribution in [3.8, 4) is 6.07 Å². The van der Waals surface area contributed by atoms with Crippen LogP contribution in [-0.2, 0) is 0 Å². The molecule has 1 aromatic rings. The van der Waals surface area contributed by atoms with Crippen LogP contribution in [0.2, 0.25) is 0 Å². The molecule has 1 heterocycles. The van der Waals surface area contributed by atoms with E-state index in [1.165, 1.54) is 12.1 Å². The molecular formula is C12H14FN3. The van der Waals surface area contributed by atoms with Crippen molar-refractivity contribution in [1.29, 1.82) is 5.26 Å². The zero-order chi connectivity index (χ0) is 11.4. The molecule has 3 nitrogen and oxygen atoms in total. The van der Waals surface area contributed by atoms with Gasteiger partial charge in [0.25, 0.3) is 0 Å². The van der Waals surface area contributed by atoms with Crippen LogP contribution in [0.25, 0.3) is 0 Å². The first kappa shape index (κ1) is 10.9. The van der Waals surface area contributed by atoms with Gasteiger partial charge in [-0.1, -0.05) is 0 Å². The smallest absolute Gasteiger partial charge is 0.138 e. The molecule has 1 unspecified atom stereocenters. The molecule has 84 valence electrons. The molecule has 0 aliphatic carbocycles. The predicted molar refractivity (Wildman–Crippen MR) is 60.5 cm³/mol. The maximum Gasteiger partial charge on any atom is 0.138 e. The Morgan fingerprint density at radius 2 is 2.12 bits per heavy atom. The molecule has 1 aliphatic rings. The maximum atomic E-state index is 12.7. The minimum atomic E-state index is -0.559. The van der Waals surface area contributed by atoms with E-state index in [-0.39, 0.29) is 5.82 Å². The molecule has 1 fully saturated rings. The SMILES string of the molecule is N#CC1(Nc2ccc(F)cc2)CCCNC1. The summed E-state index contributed by atoms with van der Waals surface area (Å²) >= 11 is 0. The number of halogens is 1. The van der Waals surface area contributed by atoms with Crippen molar-refractivity contribution in [3.05, 3.63) is 30.1 Å². The average molecular weight is 219 g/mol. The van der Waals surface area contributed by atoms with Crippen LogP contribution in [0.5, 0.6) is 0 Å². The van der Waals surface area contributed by atoms with Gasteiger partial charge in [-0.2, -0.15) is 5.26 Å². The number of anilines is 1. The quantitative estimate of drug-likeness (QED) is 0.798. The maximum absolute atomic E-state index is 12.7. The van der Waals surface area contributed by atoms with Crippen molar-refractivity contribution in [2.45, 2.75) is 18.4 Å². The Kier molecular flexibility index (Phi) is 3.07. The largest absolute Gasteiger partial charge is 0.366 e. The first-order valence-corrected chi connectivity index (χ1v) is 5.40. The Bertz CT molecular complexity index is 388. The highest BCUT2D eigenvalue weighted by Crippen LogP contribution is 2.21. The Hall–Kier alpha value is -1.60. The van der Waals surface area contributed by atoms with Gasteiger partial charge in [0.2, 0.25) is 0 Å². The second-order valence-corrected chi connectivity index (χ2v) is 4.11. The van der Waals surface area contributed by atoms with E-state index in [1.807, 2.05) is 0 Å². The highest BCUT2D eigenvalue weighted by molar-refractivity contribution is 5.48. The van der Waals surface area contributed by atoms with E-state index in [0.717, 1.165) is 25.1 Å². The van der Waals surface area contributed by atoms with Gasteiger partial charge in [0.05, 0.1) is 6.07 Å². The molecule has 0 bridgehead atoms. The number of nitriles is 1. The summed E-state index contributed by atoms with van der Waals surface area (Å²) in [5.41, 5.74) is 0.224. The fourth-order valence-electron chi connectivity index (χ4n) is 1.94. The van der Waals surface area contributed by atoms with Gasteiger partial charge >= 0.3 is 0 Å².